The van der Waals surface area contributed by atoms with Crippen LogP contribution < -0.4 is 0 Å². The van der Waals surface area contributed by atoms with E-state index in [-0.39, 0.29) is 0 Å². The van der Waals surface area contributed by atoms with E-state index in [1.807, 2.05) is 0 Å². The summed E-state index contributed by atoms with van der Waals surface area (Å²) in [6.07, 6.45) is 25.7. The summed E-state index contributed by atoms with van der Waals surface area (Å²) in [6, 6.07) is 0. The molecule has 25 heavy (non-hydrogen) atoms. The van der Waals surface area contributed by atoms with Gasteiger partial charge in [0, 0.05) is 0 Å². The van der Waals surface area contributed by atoms with Crippen LogP contribution in [0.2, 0.25) is 0 Å². The molecule has 0 saturated heterocycles. The van der Waals surface area contributed by atoms with Crippen molar-refractivity contribution in [3.05, 3.63) is 0 Å². The fraction of sp³-hybridized carbons (Fsp3) is 1.00. The number of rotatable bonds is 20. The first-order valence-electron chi connectivity index (χ1n) is 11.7. The largest absolute Gasteiger partial charge is 0.330 e. The molecule has 0 aromatic carbocycles. The summed E-state index contributed by atoms with van der Waals surface area (Å²) in [4.78, 5) is 0. The molecule has 0 heterocycles. The number of hydrogen-bond donors (Lipinski definition) is 0. The zero-order valence-electron chi connectivity index (χ0n) is 18.1. The first-order chi connectivity index (χ1) is 12.2. The number of hydrogen-bond acceptors (Lipinski definition) is 0. The van der Waals surface area contributed by atoms with Crippen LogP contribution in [0.25, 0.3) is 0 Å². The molecule has 0 bridgehead atoms. The first-order valence-corrected chi connectivity index (χ1v) is 12.4. The average Bonchev–Trinajstić information content (AvgIpc) is 2.61. The lowest BCUT2D eigenvalue weighted by Gasteiger charge is -2.33. The van der Waals surface area contributed by atoms with Gasteiger partial charge < -0.3 is 4.48 Å². The molecule has 1 nitrogen and oxygen atoms in total. The second-order valence-electron chi connectivity index (χ2n) is 8.53. The zero-order valence-corrected chi connectivity index (χ0v) is 19.1. The predicted molar refractivity (Wildman–Crippen MR) is 116 cm³/mol. The van der Waals surface area contributed by atoms with E-state index in [2.05, 4.69) is 31.1 Å². The Morgan fingerprint density at radius 2 is 0.840 bits per heavy atom. The number of nitrogens with zero attached hydrogens (tertiary/aromatic N) is 1. The van der Waals surface area contributed by atoms with Gasteiger partial charge in [-0.3, -0.25) is 0 Å². The molecule has 0 aliphatic carbocycles. The van der Waals surface area contributed by atoms with E-state index >= 15 is 0 Å². The molecule has 3 radical (unpaired) electrons. The second-order valence-corrected chi connectivity index (χ2v) is 8.84. The smallest absolute Gasteiger partial charge is 0.107 e. The minimum absolute atomic E-state index is 1.10. The third-order valence-electron chi connectivity index (χ3n) is 5.70. The van der Waals surface area contributed by atoms with Crippen LogP contribution in [-0.4, -0.2) is 41.0 Å². The second kappa shape index (κ2) is 19.0. The van der Waals surface area contributed by atoms with Gasteiger partial charge in [0.05, 0.1) is 26.3 Å². The van der Waals surface area contributed by atoms with Gasteiger partial charge in [0.25, 0.3) is 0 Å². The summed E-state index contributed by atoms with van der Waals surface area (Å²) in [6.45, 7) is 7.25. The van der Waals surface area contributed by atoms with Crippen LogP contribution in [0.5, 0.6) is 0 Å². The van der Waals surface area contributed by atoms with Crippen LogP contribution >= 0.6 is 0 Å². The minimum atomic E-state index is 1.10. The predicted octanol–water partition coefficient (Wildman–Crippen LogP) is 7.23. The van der Waals surface area contributed by atoms with E-state index in [1.54, 1.807) is 0 Å². The maximum absolute atomic E-state index is 3.74. The Kier molecular flexibility index (Phi) is 19.1. The fourth-order valence-electron chi connectivity index (χ4n) is 3.85. The molecule has 0 rings (SSSR count). The Balaban J connectivity index is 3.19. The molecule has 0 saturated carbocycles. The SMILES string of the molecule is CCCCCCCCCCCCCCCCCC[N+](C)(C[Si])CCC. The normalized spacial score (nSPS) is 13.9. The van der Waals surface area contributed by atoms with Crippen molar-refractivity contribution in [2.75, 3.05) is 26.3 Å². The van der Waals surface area contributed by atoms with E-state index in [0.29, 0.717) is 0 Å². The van der Waals surface area contributed by atoms with E-state index in [4.69, 9.17) is 0 Å². The summed E-state index contributed by atoms with van der Waals surface area (Å²) in [5.74, 6) is 0. The summed E-state index contributed by atoms with van der Waals surface area (Å²) in [5, 5.41) is 0. The van der Waals surface area contributed by atoms with Crippen LogP contribution in [0, 0.1) is 0 Å². The summed E-state index contributed by atoms with van der Waals surface area (Å²) in [7, 11) is 6.13. The van der Waals surface area contributed by atoms with Crippen molar-refractivity contribution in [1.82, 2.24) is 0 Å². The Labute approximate surface area is 164 Å². The van der Waals surface area contributed by atoms with E-state index in [0.717, 1.165) is 6.17 Å². The van der Waals surface area contributed by atoms with Gasteiger partial charge in [0.15, 0.2) is 0 Å². The van der Waals surface area contributed by atoms with Gasteiger partial charge in [-0.2, -0.15) is 0 Å². The highest BCUT2D eigenvalue weighted by Gasteiger charge is 2.16. The molecule has 0 aliphatic heterocycles. The maximum Gasteiger partial charge on any atom is 0.107 e. The molecule has 0 fully saturated rings. The molecule has 0 aromatic rings. The van der Waals surface area contributed by atoms with E-state index < -0.39 is 0 Å². The summed E-state index contributed by atoms with van der Waals surface area (Å²) in [5.41, 5.74) is 0. The Morgan fingerprint density at radius 1 is 0.480 bits per heavy atom. The Morgan fingerprint density at radius 3 is 1.16 bits per heavy atom. The van der Waals surface area contributed by atoms with Gasteiger partial charge in [-0.1, -0.05) is 104 Å². The van der Waals surface area contributed by atoms with Gasteiger partial charge in [-0.25, -0.2) is 0 Å². The monoisotopic (exact) mass is 367 g/mol. The lowest BCUT2D eigenvalue weighted by molar-refractivity contribution is -0.899. The van der Waals surface area contributed by atoms with Crippen molar-refractivity contribution in [3.8, 4) is 0 Å². The standard InChI is InChI=1S/C23H49NSi/c1-4-6-7-8-9-10-11-12-13-14-15-16-17-18-19-20-22-24(3,23-25)21-5-2/h4-23H2,1-3H3/q+1. The molecule has 0 aliphatic rings. The van der Waals surface area contributed by atoms with Crippen molar-refractivity contribution in [2.24, 2.45) is 0 Å². The van der Waals surface area contributed by atoms with Crippen molar-refractivity contribution >= 4 is 10.2 Å². The van der Waals surface area contributed by atoms with Gasteiger partial charge >= 0.3 is 0 Å². The lowest BCUT2D eigenvalue weighted by atomic mass is 10.0. The highest BCUT2D eigenvalue weighted by atomic mass is 28.1. The first kappa shape index (κ1) is 25.2. The van der Waals surface area contributed by atoms with E-state index in [9.17, 15) is 0 Å². The molecule has 1 unspecified atom stereocenters. The fourth-order valence-corrected chi connectivity index (χ4v) is 4.17. The third kappa shape index (κ3) is 17.4. The van der Waals surface area contributed by atoms with Gasteiger partial charge in [-0.05, 0) is 19.3 Å². The molecular weight excluding hydrogens is 318 g/mol. The average molecular weight is 368 g/mol. The number of unbranched alkanes of at least 4 members (excludes halogenated alkanes) is 15. The third-order valence-corrected chi connectivity index (χ3v) is 6.46. The van der Waals surface area contributed by atoms with Gasteiger partial charge in [0.2, 0.25) is 0 Å². The minimum Gasteiger partial charge on any atom is -0.330 e. The quantitative estimate of drug-likeness (QED) is 0.121. The van der Waals surface area contributed by atoms with Crippen LogP contribution in [0.3, 0.4) is 0 Å². The summed E-state index contributed by atoms with van der Waals surface area (Å²) >= 11 is 0. The van der Waals surface area contributed by atoms with Gasteiger partial charge in [0.1, 0.15) is 10.2 Å². The van der Waals surface area contributed by atoms with Crippen molar-refractivity contribution in [1.29, 1.82) is 0 Å². The van der Waals surface area contributed by atoms with Gasteiger partial charge in [-0.15, -0.1) is 0 Å². The van der Waals surface area contributed by atoms with Crippen LogP contribution in [0.15, 0.2) is 0 Å². The van der Waals surface area contributed by atoms with Crippen molar-refractivity contribution < 1.29 is 4.48 Å². The lowest BCUT2D eigenvalue weighted by Crippen LogP contribution is -2.46. The molecule has 0 N–H and O–H groups in total. The Bertz CT molecular complexity index is 256. The number of quaternary nitrogens is 1. The molecule has 1 atom stereocenters. The topological polar surface area (TPSA) is 0 Å². The molecule has 149 valence electrons. The van der Waals surface area contributed by atoms with Crippen molar-refractivity contribution in [3.63, 3.8) is 0 Å². The molecule has 2 heteroatoms. The van der Waals surface area contributed by atoms with Crippen LogP contribution in [-0.2, 0) is 0 Å². The Hall–Kier alpha value is 0.177. The zero-order chi connectivity index (χ0) is 18.6. The highest BCUT2D eigenvalue weighted by molar-refractivity contribution is 6.08. The molecule has 0 spiro atoms. The molecule has 0 amide bonds. The van der Waals surface area contributed by atoms with E-state index in [1.165, 1.54) is 127 Å². The molecule has 0 aromatic heterocycles. The molecular formula is C23H49NSi+. The maximum atomic E-state index is 3.74. The van der Waals surface area contributed by atoms with Crippen molar-refractivity contribution in [2.45, 2.75) is 123 Å². The van der Waals surface area contributed by atoms with Crippen LogP contribution in [0.1, 0.15) is 123 Å². The highest BCUT2D eigenvalue weighted by Crippen LogP contribution is 2.14. The van der Waals surface area contributed by atoms with Crippen LogP contribution in [0.4, 0.5) is 0 Å². The summed E-state index contributed by atoms with van der Waals surface area (Å²) < 4.78 is 1.20.